The number of carbonyl (C=O) groups is 1. The molecule has 9 heavy (non-hydrogen) atoms. The van der Waals surface area contributed by atoms with E-state index < -0.39 is 5.72 Å². The minimum absolute atomic E-state index is 0.465. The van der Waals surface area contributed by atoms with Gasteiger partial charge in [-0.15, -0.1) is 0 Å². The summed E-state index contributed by atoms with van der Waals surface area (Å²) >= 11 is 0. The molecule has 0 aliphatic rings. The molecule has 0 rings (SSSR count). The van der Waals surface area contributed by atoms with Gasteiger partial charge in [-0.2, -0.15) is 0 Å². The van der Waals surface area contributed by atoms with Crippen molar-refractivity contribution in [3.63, 3.8) is 0 Å². The number of likely N-dealkylation sites (N-methyl/N-ethyl adjacent to an activating group) is 1. The average Bonchev–Trinajstić information content (AvgIpc) is 1.89. The highest BCUT2D eigenvalue weighted by atomic mass is 16.3. The first-order chi connectivity index (χ1) is 4.18. The molecule has 0 aliphatic carbocycles. The summed E-state index contributed by atoms with van der Waals surface area (Å²) < 4.78 is 0. The lowest BCUT2D eigenvalue weighted by Gasteiger charge is -2.18. The minimum atomic E-state index is -1.30. The highest BCUT2D eigenvalue weighted by molar-refractivity contribution is 5.60. The van der Waals surface area contributed by atoms with Crippen molar-refractivity contribution in [3.8, 4) is 0 Å². The summed E-state index contributed by atoms with van der Waals surface area (Å²) in [6.07, 6.45) is 1.78. The van der Waals surface area contributed by atoms with Gasteiger partial charge in [-0.25, -0.2) is 0 Å². The number of aliphatic hydroxyl groups is 1. The van der Waals surface area contributed by atoms with Gasteiger partial charge in [0.25, 0.3) is 0 Å². The first-order valence-electron chi connectivity index (χ1n) is 3.06. The number of carbonyl (C=O) groups excluding carboxylic acids is 1. The van der Waals surface area contributed by atoms with Crippen molar-refractivity contribution in [1.82, 2.24) is 5.32 Å². The first-order valence-corrected chi connectivity index (χ1v) is 3.06. The van der Waals surface area contributed by atoms with Crippen LogP contribution in [0.3, 0.4) is 0 Å². The van der Waals surface area contributed by atoms with Crippen molar-refractivity contribution in [3.05, 3.63) is 0 Å². The fourth-order valence-electron chi connectivity index (χ4n) is 0.624. The second-order valence-corrected chi connectivity index (χ2v) is 2.04. The molecule has 0 aliphatic heterocycles. The molecule has 0 aromatic rings. The van der Waals surface area contributed by atoms with Gasteiger partial charge in [0.2, 0.25) is 0 Å². The lowest BCUT2D eigenvalue weighted by atomic mass is 10.1. The monoisotopic (exact) mass is 131 g/mol. The third kappa shape index (κ3) is 2.58. The maximum absolute atomic E-state index is 10.1. The molecule has 0 bridgehead atoms. The number of nitrogens with one attached hydrogen (secondary N) is 1. The van der Waals surface area contributed by atoms with Crippen LogP contribution in [0, 0.1) is 0 Å². The molecule has 0 spiro atoms. The van der Waals surface area contributed by atoms with Gasteiger partial charge in [-0.05, 0) is 13.5 Å². The molecule has 0 amide bonds. The van der Waals surface area contributed by atoms with Gasteiger partial charge < -0.3 is 5.11 Å². The molecule has 0 radical (unpaired) electrons. The van der Waals surface area contributed by atoms with Gasteiger partial charge in [0.05, 0.1) is 0 Å². The van der Waals surface area contributed by atoms with E-state index in [0.29, 0.717) is 12.7 Å². The van der Waals surface area contributed by atoms with Gasteiger partial charge in [0, 0.05) is 0 Å². The zero-order valence-electron chi connectivity index (χ0n) is 5.85. The van der Waals surface area contributed by atoms with Crippen LogP contribution in [-0.4, -0.2) is 24.2 Å². The Morgan fingerprint density at radius 1 is 1.78 bits per heavy atom. The molecule has 1 atom stereocenters. The molecule has 0 aromatic heterocycles. The van der Waals surface area contributed by atoms with E-state index in [1.54, 1.807) is 7.05 Å². The van der Waals surface area contributed by atoms with E-state index in [1.807, 2.05) is 6.92 Å². The maximum atomic E-state index is 10.1. The van der Waals surface area contributed by atoms with Crippen molar-refractivity contribution in [1.29, 1.82) is 0 Å². The average molecular weight is 131 g/mol. The molecular formula is C6H13NO2. The fraction of sp³-hybridized carbons (Fsp3) is 0.833. The van der Waals surface area contributed by atoms with E-state index in [1.165, 1.54) is 0 Å². The van der Waals surface area contributed by atoms with Crippen LogP contribution in [0.4, 0.5) is 0 Å². The molecule has 54 valence electrons. The van der Waals surface area contributed by atoms with Crippen LogP contribution in [0.15, 0.2) is 0 Å². The van der Waals surface area contributed by atoms with Crippen LogP contribution in [0.5, 0.6) is 0 Å². The Bertz CT molecular complexity index is 95.1. The zero-order chi connectivity index (χ0) is 7.33. The third-order valence-electron chi connectivity index (χ3n) is 1.26. The summed E-state index contributed by atoms with van der Waals surface area (Å²) in [5.74, 6) is 0. The fourth-order valence-corrected chi connectivity index (χ4v) is 0.624. The van der Waals surface area contributed by atoms with Crippen LogP contribution in [-0.2, 0) is 4.79 Å². The van der Waals surface area contributed by atoms with Crippen LogP contribution in [0.2, 0.25) is 0 Å². The minimum Gasteiger partial charge on any atom is -0.369 e. The van der Waals surface area contributed by atoms with Crippen LogP contribution < -0.4 is 5.32 Å². The van der Waals surface area contributed by atoms with Crippen molar-refractivity contribution in [2.75, 3.05) is 7.05 Å². The summed E-state index contributed by atoms with van der Waals surface area (Å²) in [6, 6.07) is 0. The predicted molar refractivity (Wildman–Crippen MR) is 35.0 cm³/mol. The Labute approximate surface area is 55.1 Å². The van der Waals surface area contributed by atoms with Gasteiger partial charge in [0.1, 0.15) is 0 Å². The quantitative estimate of drug-likeness (QED) is 0.413. The summed E-state index contributed by atoms with van der Waals surface area (Å²) in [5.41, 5.74) is -1.30. The number of aldehydes is 1. The zero-order valence-corrected chi connectivity index (χ0v) is 5.85. The second kappa shape index (κ2) is 3.58. The Hall–Kier alpha value is -0.410. The Morgan fingerprint density at radius 3 is 2.44 bits per heavy atom. The van der Waals surface area contributed by atoms with Gasteiger partial charge in [-0.3, -0.25) is 10.1 Å². The predicted octanol–water partition coefficient (Wildman–Crippen LogP) is -0.107. The molecule has 3 nitrogen and oxygen atoms in total. The SMILES string of the molecule is CCCC(O)(C=O)NC. The normalized spacial score (nSPS) is 16.8. The van der Waals surface area contributed by atoms with E-state index >= 15 is 0 Å². The molecular weight excluding hydrogens is 118 g/mol. The molecule has 2 N–H and O–H groups in total. The smallest absolute Gasteiger partial charge is 0.172 e. The van der Waals surface area contributed by atoms with Crippen molar-refractivity contribution >= 4 is 6.29 Å². The lowest BCUT2D eigenvalue weighted by molar-refractivity contribution is -0.127. The van der Waals surface area contributed by atoms with E-state index in [2.05, 4.69) is 5.32 Å². The van der Waals surface area contributed by atoms with Crippen molar-refractivity contribution in [2.45, 2.75) is 25.5 Å². The topological polar surface area (TPSA) is 49.3 Å². The van der Waals surface area contributed by atoms with Gasteiger partial charge in [0.15, 0.2) is 12.0 Å². The maximum Gasteiger partial charge on any atom is 0.172 e. The number of rotatable bonds is 4. The van der Waals surface area contributed by atoms with Crippen LogP contribution in [0.1, 0.15) is 19.8 Å². The first kappa shape index (κ1) is 8.59. The highest BCUT2D eigenvalue weighted by Gasteiger charge is 2.21. The summed E-state index contributed by atoms with van der Waals surface area (Å²) in [4.78, 5) is 10.1. The van der Waals surface area contributed by atoms with Gasteiger partial charge >= 0.3 is 0 Å². The van der Waals surface area contributed by atoms with E-state index in [4.69, 9.17) is 5.11 Å². The summed E-state index contributed by atoms with van der Waals surface area (Å²) in [5, 5.41) is 11.7. The van der Waals surface area contributed by atoms with E-state index in [0.717, 1.165) is 6.42 Å². The number of hydrogen-bond acceptors (Lipinski definition) is 3. The summed E-state index contributed by atoms with van der Waals surface area (Å²) in [7, 11) is 1.56. The molecule has 3 heteroatoms. The Morgan fingerprint density at radius 2 is 2.33 bits per heavy atom. The van der Waals surface area contributed by atoms with E-state index in [9.17, 15) is 4.79 Å². The molecule has 0 heterocycles. The van der Waals surface area contributed by atoms with E-state index in [-0.39, 0.29) is 0 Å². The standard InChI is InChI=1S/C6H13NO2/c1-3-4-6(9,5-8)7-2/h5,7,9H,3-4H2,1-2H3. The Balaban J connectivity index is 3.76. The summed E-state index contributed by atoms with van der Waals surface area (Å²) in [6.45, 7) is 1.91. The largest absolute Gasteiger partial charge is 0.369 e. The molecule has 1 unspecified atom stereocenters. The lowest BCUT2D eigenvalue weighted by Crippen LogP contribution is -2.44. The van der Waals surface area contributed by atoms with Crippen LogP contribution >= 0.6 is 0 Å². The molecule has 0 saturated carbocycles. The molecule has 0 saturated heterocycles. The third-order valence-corrected chi connectivity index (χ3v) is 1.26. The van der Waals surface area contributed by atoms with Crippen molar-refractivity contribution < 1.29 is 9.90 Å². The molecule has 0 fully saturated rings. The van der Waals surface area contributed by atoms with Crippen LogP contribution in [0.25, 0.3) is 0 Å². The van der Waals surface area contributed by atoms with Gasteiger partial charge in [-0.1, -0.05) is 13.3 Å². The van der Waals surface area contributed by atoms with Crippen molar-refractivity contribution in [2.24, 2.45) is 0 Å². The highest BCUT2D eigenvalue weighted by Crippen LogP contribution is 2.03. The Kier molecular flexibility index (Phi) is 3.42. The number of hydrogen-bond donors (Lipinski definition) is 2. The molecule has 0 aromatic carbocycles. The second-order valence-electron chi connectivity index (χ2n) is 2.04.